The van der Waals surface area contributed by atoms with Crippen LogP contribution in [0, 0.1) is 5.92 Å². The Labute approximate surface area is 217 Å². The molecular weight excluding hydrogens is 468 g/mol. The summed E-state index contributed by atoms with van der Waals surface area (Å²) in [6.07, 6.45) is 2.88. The number of hydrogen-bond acceptors (Lipinski definition) is 5. The molecular formula is C30H34N2O5. The van der Waals surface area contributed by atoms with Crippen LogP contribution in [0.5, 0.6) is 5.75 Å². The zero-order valence-corrected chi connectivity index (χ0v) is 21.4. The molecule has 1 N–H and O–H groups in total. The number of benzene rings is 2. The molecule has 0 aliphatic carbocycles. The zero-order chi connectivity index (χ0) is 25.8. The van der Waals surface area contributed by atoms with E-state index < -0.39 is 0 Å². The van der Waals surface area contributed by atoms with Gasteiger partial charge in [-0.3, -0.25) is 9.59 Å². The topological polar surface area (TPSA) is 81.0 Å². The third kappa shape index (κ3) is 5.72. The predicted octanol–water partition coefficient (Wildman–Crippen LogP) is 4.90. The van der Waals surface area contributed by atoms with Crippen LogP contribution in [0.4, 0.5) is 0 Å². The number of nitrogens with one attached hydrogen (secondary N) is 1. The molecule has 0 unspecified atom stereocenters. The Kier molecular flexibility index (Phi) is 7.60. The van der Waals surface area contributed by atoms with Gasteiger partial charge in [0.05, 0.1) is 12.1 Å². The van der Waals surface area contributed by atoms with Crippen LogP contribution in [0.3, 0.4) is 0 Å². The first-order valence-electron chi connectivity index (χ1n) is 13.1. The lowest BCUT2D eigenvalue weighted by atomic mass is 9.87. The zero-order valence-electron chi connectivity index (χ0n) is 21.4. The van der Waals surface area contributed by atoms with E-state index in [9.17, 15) is 9.59 Å². The van der Waals surface area contributed by atoms with Crippen molar-refractivity contribution in [2.45, 2.75) is 51.9 Å². The number of furan rings is 1. The quantitative estimate of drug-likeness (QED) is 0.474. The number of carbonyl (C=O) groups excluding carboxylic acids is 2. The van der Waals surface area contributed by atoms with Crippen molar-refractivity contribution in [1.82, 2.24) is 10.2 Å². The minimum atomic E-state index is -0.254. The minimum absolute atomic E-state index is 0.0803. The maximum Gasteiger partial charge on any atom is 0.287 e. The Hall–Kier alpha value is -3.58. The summed E-state index contributed by atoms with van der Waals surface area (Å²) in [4.78, 5) is 27.5. The van der Waals surface area contributed by atoms with E-state index in [1.807, 2.05) is 49.1 Å². The summed E-state index contributed by atoms with van der Waals surface area (Å²) in [7, 11) is 0. The van der Waals surface area contributed by atoms with E-state index in [1.165, 1.54) is 5.56 Å². The molecule has 3 aromatic rings. The number of rotatable bonds is 8. The average Bonchev–Trinajstić information content (AvgIpc) is 3.62. The molecule has 1 aromatic heterocycles. The van der Waals surface area contributed by atoms with Crippen molar-refractivity contribution in [2.24, 2.45) is 5.92 Å². The summed E-state index contributed by atoms with van der Waals surface area (Å²) in [5, 5.41) is 2.87. The summed E-state index contributed by atoms with van der Waals surface area (Å²) < 4.78 is 17.4. The lowest BCUT2D eigenvalue weighted by Gasteiger charge is -2.39. The predicted molar refractivity (Wildman–Crippen MR) is 139 cm³/mol. The van der Waals surface area contributed by atoms with Gasteiger partial charge in [0, 0.05) is 25.6 Å². The molecule has 2 aliphatic heterocycles. The minimum Gasteiger partial charge on any atom is -0.486 e. The Morgan fingerprint density at radius 3 is 2.70 bits per heavy atom. The average molecular weight is 503 g/mol. The highest BCUT2D eigenvalue weighted by Crippen LogP contribution is 2.38. The van der Waals surface area contributed by atoms with Crippen LogP contribution in [0.2, 0.25) is 0 Å². The molecule has 0 spiro atoms. The molecule has 2 aliphatic rings. The summed E-state index contributed by atoms with van der Waals surface area (Å²) in [5.41, 5.74) is 3.38. The highest BCUT2D eigenvalue weighted by molar-refractivity contribution is 5.91. The maximum absolute atomic E-state index is 13.1. The first kappa shape index (κ1) is 25.1. The third-order valence-corrected chi connectivity index (χ3v) is 7.02. The summed E-state index contributed by atoms with van der Waals surface area (Å²) >= 11 is 0. The molecule has 7 heteroatoms. The largest absolute Gasteiger partial charge is 0.486 e. The van der Waals surface area contributed by atoms with Crippen molar-refractivity contribution in [3.63, 3.8) is 0 Å². The fraction of sp³-hybridized carbons (Fsp3) is 0.400. The Balaban J connectivity index is 1.29. The van der Waals surface area contributed by atoms with Gasteiger partial charge >= 0.3 is 0 Å². The lowest BCUT2D eigenvalue weighted by molar-refractivity contribution is -0.136. The molecule has 2 aromatic carbocycles. The Morgan fingerprint density at radius 1 is 1.11 bits per heavy atom. The molecule has 194 valence electrons. The fourth-order valence-corrected chi connectivity index (χ4v) is 5.08. The molecule has 0 bridgehead atoms. The van der Waals surface area contributed by atoms with Gasteiger partial charge in [0.1, 0.15) is 18.1 Å². The smallest absolute Gasteiger partial charge is 0.287 e. The Bertz CT molecular complexity index is 1230. The molecule has 0 saturated carbocycles. The van der Waals surface area contributed by atoms with Crippen molar-refractivity contribution in [2.75, 3.05) is 19.7 Å². The van der Waals surface area contributed by atoms with Gasteiger partial charge in [0.25, 0.3) is 5.91 Å². The van der Waals surface area contributed by atoms with Crippen molar-refractivity contribution in [3.05, 3.63) is 88.9 Å². The van der Waals surface area contributed by atoms with E-state index in [-0.39, 0.29) is 42.2 Å². The fourth-order valence-electron chi connectivity index (χ4n) is 5.08. The molecule has 7 nitrogen and oxygen atoms in total. The van der Waals surface area contributed by atoms with Gasteiger partial charge in [-0.1, -0.05) is 50.2 Å². The van der Waals surface area contributed by atoms with E-state index in [1.54, 1.807) is 12.1 Å². The van der Waals surface area contributed by atoms with Gasteiger partial charge in [0.2, 0.25) is 5.91 Å². The molecule has 37 heavy (non-hydrogen) atoms. The molecule has 3 heterocycles. The second-order valence-corrected chi connectivity index (χ2v) is 10.0. The monoisotopic (exact) mass is 502 g/mol. The number of carbonyl (C=O) groups is 2. The highest BCUT2D eigenvalue weighted by Gasteiger charge is 2.33. The van der Waals surface area contributed by atoms with Crippen LogP contribution in [0.15, 0.2) is 65.1 Å². The van der Waals surface area contributed by atoms with Crippen molar-refractivity contribution >= 4 is 11.8 Å². The third-order valence-electron chi connectivity index (χ3n) is 7.02. The van der Waals surface area contributed by atoms with Crippen LogP contribution in [0.25, 0.3) is 0 Å². The summed E-state index contributed by atoms with van der Waals surface area (Å²) in [5.74, 6) is 1.33. The van der Waals surface area contributed by atoms with Crippen molar-refractivity contribution < 1.29 is 23.5 Å². The number of nitrogens with zero attached hydrogens (tertiary/aromatic N) is 1. The van der Waals surface area contributed by atoms with Gasteiger partial charge in [-0.25, -0.2) is 0 Å². The van der Waals surface area contributed by atoms with Crippen LogP contribution >= 0.6 is 0 Å². The Morgan fingerprint density at radius 2 is 1.95 bits per heavy atom. The van der Waals surface area contributed by atoms with Gasteiger partial charge < -0.3 is 24.1 Å². The van der Waals surface area contributed by atoms with Gasteiger partial charge in [-0.15, -0.1) is 0 Å². The van der Waals surface area contributed by atoms with Gasteiger partial charge in [-0.2, -0.15) is 0 Å². The first-order valence-corrected chi connectivity index (χ1v) is 13.1. The van der Waals surface area contributed by atoms with Crippen LogP contribution in [-0.2, 0) is 22.6 Å². The highest BCUT2D eigenvalue weighted by atomic mass is 16.5. The summed E-state index contributed by atoms with van der Waals surface area (Å²) in [6, 6.07) is 19.5. The van der Waals surface area contributed by atoms with Crippen LogP contribution < -0.4 is 10.1 Å². The summed E-state index contributed by atoms with van der Waals surface area (Å²) in [6.45, 7) is 6.01. The molecule has 1 saturated heterocycles. The number of fused-ring (bicyclic) bond motifs is 1. The van der Waals surface area contributed by atoms with Crippen molar-refractivity contribution in [3.8, 4) is 5.75 Å². The lowest BCUT2D eigenvalue weighted by Crippen LogP contribution is -2.42. The van der Waals surface area contributed by atoms with E-state index >= 15 is 0 Å². The van der Waals surface area contributed by atoms with E-state index in [4.69, 9.17) is 13.9 Å². The number of amides is 2. The second-order valence-electron chi connectivity index (χ2n) is 10.0. The SMILES string of the molecule is CC(C)C(=O)N1CCc2ccc(OCc3ccc(C(=O)NC[C@@H]4CCCO4)o3)cc2[C@@H]1c1ccccc1. The van der Waals surface area contributed by atoms with Crippen LogP contribution in [-0.4, -0.2) is 42.5 Å². The standard InChI is InChI=1S/C30H34N2O5/c1-20(2)30(34)32-15-14-21-10-11-23(17-26(21)28(32)22-7-4-3-5-8-22)36-19-25-12-13-27(37-25)29(33)31-18-24-9-6-16-35-24/h3-5,7-8,10-13,17,20,24,28H,6,9,14-16,18-19H2,1-2H3,(H,31,33)/t24-,28-/m0/s1. The van der Waals surface area contributed by atoms with Crippen molar-refractivity contribution in [1.29, 1.82) is 0 Å². The number of ether oxygens (including phenoxy) is 2. The molecule has 0 radical (unpaired) electrons. The van der Waals surface area contributed by atoms with Gasteiger partial charge in [-0.05, 0) is 60.2 Å². The molecule has 1 fully saturated rings. The molecule has 2 atom stereocenters. The van der Waals surface area contributed by atoms with Crippen LogP contribution in [0.1, 0.15) is 65.7 Å². The molecule has 5 rings (SSSR count). The maximum atomic E-state index is 13.1. The van der Waals surface area contributed by atoms with E-state index in [2.05, 4.69) is 23.5 Å². The van der Waals surface area contributed by atoms with E-state index in [0.29, 0.717) is 24.6 Å². The second kappa shape index (κ2) is 11.2. The molecule has 2 amide bonds. The van der Waals surface area contributed by atoms with Gasteiger partial charge in [0.15, 0.2) is 5.76 Å². The van der Waals surface area contributed by atoms with E-state index in [0.717, 1.165) is 37.0 Å². The normalized spacial score (nSPS) is 19.1. The number of hydrogen-bond donors (Lipinski definition) is 1. The first-order chi connectivity index (χ1) is 18.0.